The summed E-state index contributed by atoms with van der Waals surface area (Å²) >= 11 is 0. The van der Waals surface area contributed by atoms with Gasteiger partial charge in [0.2, 0.25) is 5.91 Å². The second kappa shape index (κ2) is 7.25. The van der Waals surface area contributed by atoms with Crippen molar-refractivity contribution in [1.29, 1.82) is 0 Å². The van der Waals surface area contributed by atoms with Gasteiger partial charge in [-0.15, -0.1) is 0 Å². The van der Waals surface area contributed by atoms with Gasteiger partial charge in [-0.1, -0.05) is 12.8 Å². The molecule has 0 saturated carbocycles. The van der Waals surface area contributed by atoms with Crippen LogP contribution in [0, 0.1) is 0 Å². The molecule has 1 amide bonds. The Morgan fingerprint density at radius 2 is 1.63 bits per heavy atom. The van der Waals surface area contributed by atoms with E-state index in [2.05, 4.69) is 16.7 Å². The van der Waals surface area contributed by atoms with Gasteiger partial charge >= 0.3 is 0 Å². The number of likely N-dealkylation sites (tertiary alicyclic amines) is 2. The number of carbonyl (C=O) groups is 1. The second-order valence-corrected chi connectivity index (χ2v) is 5.89. The molecule has 0 aliphatic carbocycles. The van der Waals surface area contributed by atoms with Gasteiger partial charge in [-0.2, -0.15) is 0 Å². The fraction of sp³-hybridized carbons (Fsp3) is 0.933. The van der Waals surface area contributed by atoms with Gasteiger partial charge in [-0.3, -0.25) is 9.69 Å². The van der Waals surface area contributed by atoms with Crippen LogP contribution in [-0.2, 0) is 9.53 Å². The van der Waals surface area contributed by atoms with E-state index in [1.165, 1.54) is 25.7 Å². The fourth-order valence-corrected chi connectivity index (χ4v) is 3.21. The number of carbonyl (C=O) groups excluding carboxylic acids is 1. The molecule has 0 bridgehead atoms. The van der Waals surface area contributed by atoms with Crippen LogP contribution in [0.2, 0.25) is 0 Å². The fourth-order valence-electron chi connectivity index (χ4n) is 3.21. The molecule has 2 aliphatic rings. The summed E-state index contributed by atoms with van der Waals surface area (Å²) in [6.07, 6.45) is 7.38. The Kier molecular flexibility index (Phi) is 5.64. The van der Waals surface area contributed by atoms with Crippen molar-refractivity contribution in [2.24, 2.45) is 0 Å². The molecule has 2 saturated heterocycles. The molecular weight excluding hydrogens is 240 g/mol. The lowest BCUT2D eigenvalue weighted by Gasteiger charge is -2.36. The van der Waals surface area contributed by atoms with Crippen molar-refractivity contribution in [3.05, 3.63) is 0 Å². The van der Waals surface area contributed by atoms with Crippen LogP contribution in [0.4, 0.5) is 0 Å². The highest BCUT2D eigenvalue weighted by molar-refractivity contribution is 5.81. The summed E-state index contributed by atoms with van der Waals surface area (Å²) in [5, 5.41) is 0. The summed E-state index contributed by atoms with van der Waals surface area (Å²) in [5.41, 5.74) is 0. The van der Waals surface area contributed by atoms with E-state index in [-0.39, 0.29) is 6.04 Å². The van der Waals surface area contributed by atoms with Crippen molar-refractivity contribution in [2.75, 3.05) is 33.3 Å². The molecule has 0 N–H and O–H groups in total. The van der Waals surface area contributed by atoms with Gasteiger partial charge in [-0.25, -0.2) is 0 Å². The molecule has 0 spiro atoms. The first-order chi connectivity index (χ1) is 9.22. The topological polar surface area (TPSA) is 32.8 Å². The Morgan fingerprint density at radius 3 is 2.16 bits per heavy atom. The maximum absolute atomic E-state index is 12.6. The highest BCUT2D eigenvalue weighted by atomic mass is 16.5. The van der Waals surface area contributed by atoms with Crippen molar-refractivity contribution in [3.63, 3.8) is 0 Å². The highest BCUT2D eigenvalue weighted by Crippen LogP contribution is 2.18. The van der Waals surface area contributed by atoms with E-state index in [0.717, 1.165) is 39.0 Å². The molecule has 110 valence electrons. The molecule has 2 heterocycles. The lowest BCUT2D eigenvalue weighted by atomic mass is 10.1. The molecule has 1 atom stereocenters. The Bertz CT molecular complexity index is 280. The number of nitrogens with zero attached hydrogens (tertiary/aromatic N) is 2. The molecule has 0 aromatic carbocycles. The first-order valence-corrected chi connectivity index (χ1v) is 7.78. The molecule has 2 aliphatic heterocycles. The summed E-state index contributed by atoms with van der Waals surface area (Å²) in [7, 11) is 1.78. The first-order valence-electron chi connectivity index (χ1n) is 7.78. The Morgan fingerprint density at radius 1 is 1.05 bits per heavy atom. The van der Waals surface area contributed by atoms with E-state index < -0.39 is 0 Å². The van der Waals surface area contributed by atoms with Crippen LogP contribution in [0.3, 0.4) is 0 Å². The van der Waals surface area contributed by atoms with E-state index in [1.807, 2.05) is 0 Å². The number of amides is 1. The zero-order valence-electron chi connectivity index (χ0n) is 12.4. The maximum atomic E-state index is 12.6. The van der Waals surface area contributed by atoms with Gasteiger partial charge in [-0.05, 0) is 32.6 Å². The van der Waals surface area contributed by atoms with Crippen LogP contribution < -0.4 is 0 Å². The Hall–Kier alpha value is -0.610. The normalized spacial score (nSPS) is 25.1. The monoisotopic (exact) mass is 268 g/mol. The smallest absolute Gasteiger partial charge is 0.239 e. The maximum Gasteiger partial charge on any atom is 0.239 e. The van der Waals surface area contributed by atoms with Gasteiger partial charge in [0.1, 0.15) is 0 Å². The predicted octanol–water partition coefficient (Wildman–Crippen LogP) is 1.89. The molecule has 0 radical (unpaired) electrons. The summed E-state index contributed by atoms with van der Waals surface area (Å²) < 4.78 is 5.39. The third-order valence-corrected chi connectivity index (χ3v) is 4.63. The molecule has 4 heteroatoms. The Balaban J connectivity index is 1.84. The molecule has 0 aromatic heterocycles. The van der Waals surface area contributed by atoms with Crippen LogP contribution in [-0.4, -0.2) is 61.1 Å². The molecule has 4 nitrogen and oxygen atoms in total. The SMILES string of the molecule is COC1CCN([C@H](C)C(=O)N2CCCCCC2)CC1. The molecule has 0 unspecified atom stereocenters. The number of rotatable bonds is 3. The third kappa shape index (κ3) is 3.93. The van der Waals surface area contributed by atoms with Crippen LogP contribution in [0.1, 0.15) is 45.4 Å². The number of piperidine rings is 1. The number of hydrogen-bond donors (Lipinski definition) is 0. The van der Waals surface area contributed by atoms with Crippen molar-refractivity contribution < 1.29 is 9.53 Å². The van der Waals surface area contributed by atoms with Crippen LogP contribution in [0.15, 0.2) is 0 Å². The van der Waals surface area contributed by atoms with Crippen molar-refractivity contribution >= 4 is 5.91 Å². The molecule has 2 fully saturated rings. The van der Waals surface area contributed by atoms with Gasteiger partial charge < -0.3 is 9.64 Å². The molecular formula is C15H28N2O2. The lowest BCUT2D eigenvalue weighted by Crippen LogP contribution is -2.50. The average molecular weight is 268 g/mol. The predicted molar refractivity (Wildman–Crippen MR) is 76.1 cm³/mol. The van der Waals surface area contributed by atoms with Crippen LogP contribution in [0.25, 0.3) is 0 Å². The van der Waals surface area contributed by atoms with E-state index in [1.54, 1.807) is 7.11 Å². The first kappa shape index (κ1) is 14.8. The average Bonchev–Trinajstić information content (AvgIpc) is 2.75. The minimum atomic E-state index is 0.0379. The van der Waals surface area contributed by atoms with Gasteiger partial charge in [0.15, 0.2) is 0 Å². The van der Waals surface area contributed by atoms with Crippen molar-refractivity contribution in [3.8, 4) is 0 Å². The molecule has 0 aromatic rings. The Labute approximate surface area is 117 Å². The van der Waals surface area contributed by atoms with Crippen LogP contribution >= 0.6 is 0 Å². The van der Waals surface area contributed by atoms with Crippen LogP contribution in [0.5, 0.6) is 0 Å². The second-order valence-electron chi connectivity index (χ2n) is 5.89. The zero-order chi connectivity index (χ0) is 13.7. The summed E-state index contributed by atoms with van der Waals surface area (Å²) in [6, 6.07) is 0.0379. The summed E-state index contributed by atoms with van der Waals surface area (Å²) in [6.45, 7) is 5.95. The number of hydrogen-bond acceptors (Lipinski definition) is 3. The largest absolute Gasteiger partial charge is 0.381 e. The minimum Gasteiger partial charge on any atom is -0.381 e. The summed E-state index contributed by atoms with van der Waals surface area (Å²) in [4.78, 5) is 17.0. The van der Waals surface area contributed by atoms with Gasteiger partial charge in [0.05, 0.1) is 12.1 Å². The third-order valence-electron chi connectivity index (χ3n) is 4.63. The lowest BCUT2D eigenvalue weighted by molar-refractivity contribution is -0.137. The highest BCUT2D eigenvalue weighted by Gasteiger charge is 2.29. The van der Waals surface area contributed by atoms with Gasteiger partial charge in [0.25, 0.3) is 0 Å². The van der Waals surface area contributed by atoms with E-state index >= 15 is 0 Å². The number of methoxy groups -OCH3 is 1. The van der Waals surface area contributed by atoms with E-state index in [9.17, 15) is 4.79 Å². The van der Waals surface area contributed by atoms with E-state index in [0.29, 0.717) is 12.0 Å². The van der Waals surface area contributed by atoms with E-state index in [4.69, 9.17) is 4.74 Å². The standard InChI is InChI=1S/C15H28N2O2/c1-13(16-11-7-14(19-2)8-12-16)15(18)17-9-5-3-4-6-10-17/h13-14H,3-12H2,1-2H3/t13-/m1/s1. The number of ether oxygens (including phenoxy) is 1. The van der Waals surface area contributed by atoms with Crippen molar-refractivity contribution in [2.45, 2.75) is 57.6 Å². The minimum absolute atomic E-state index is 0.0379. The molecule has 19 heavy (non-hydrogen) atoms. The summed E-state index contributed by atoms with van der Waals surface area (Å²) in [5.74, 6) is 0.331. The van der Waals surface area contributed by atoms with Crippen molar-refractivity contribution in [1.82, 2.24) is 9.80 Å². The quantitative estimate of drug-likeness (QED) is 0.783. The zero-order valence-corrected chi connectivity index (χ0v) is 12.4. The molecule has 2 rings (SSSR count). The van der Waals surface area contributed by atoms with Gasteiger partial charge in [0, 0.05) is 33.3 Å².